The lowest BCUT2D eigenvalue weighted by molar-refractivity contribution is 0.0514. The average molecular weight is 408 g/mol. The maximum absolute atomic E-state index is 12.2. The summed E-state index contributed by atoms with van der Waals surface area (Å²) in [6.45, 7) is 2.21. The first kappa shape index (κ1) is 19.1. The molecule has 132 valence electrons. The molecule has 1 N–H and O–H groups in total. The SMILES string of the molecule is CCOC(=O)c1cc(C(=O)CBr)c(=O)[nH]c1COCc1ccccc1. The lowest BCUT2D eigenvalue weighted by Gasteiger charge is -2.11. The van der Waals surface area contributed by atoms with Crippen LogP contribution in [0.2, 0.25) is 0 Å². The Balaban J connectivity index is 2.25. The van der Waals surface area contributed by atoms with Gasteiger partial charge in [-0.05, 0) is 18.6 Å². The Morgan fingerprint density at radius 2 is 1.84 bits per heavy atom. The number of alkyl halides is 1. The number of aromatic amines is 1. The molecule has 1 heterocycles. The van der Waals surface area contributed by atoms with E-state index in [9.17, 15) is 14.4 Å². The number of halogens is 1. The van der Waals surface area contributed by atoms with Crippen LogP contribution in [-0.2, 0) is 22.7 Å². The summed E-state index contributed by atoms with van der Waals surface area (Å²) in [5.41, 5.74) is 0.723. The van der Waals surface area contributed by atoms with Crippen molar-refractivity contribution in [2.75, 3.05) is 11.9 Å². The van der Waals surface area contributed by atoms with E-state index in [2.05, 4.69) is 20.9 Å². The lowest BCUT2D eigenvalue weighted by atomic mass is 10.1. The number of carbonyl (C=O) groups excluding carboxylic acids is 2. The smallest absolute Gasteiger partial charge is 0.340 e. The molecule has 25 heavy (non-hydrogen) atoms. The van der Waals surface area contributed by atoms with E-state index in [1.54, 1.807) is 6.92 Å². The standard InChI is InChI=1S/C18H18BrNO5/c1-2-25-18(23)13-8-14(16(21)9-19)17(22)20-15(13)11-24-10-12-6-4-3-5-7-12/h3-8H,2,9-11H2,1H3,(H,20,22). The molecule has 0 saturated carbocycles. The van der Waals surface area contributed by atoms with Crippen molar-refractivity contribution >= 4 is 27.7 Å². The molecule has 0 fully saturated rings. The number of Topliss-reactive ketones (excluding diaryl/α,β-unsaturated/α-hetero) is 1. The number of H-pyrrole nitrogens is 1. The van der Waals surface area contributed by atoms with Gasteiger partial charge in [0.25, 0.3) is 5.56 Å². The van der Waals surface area contributed by atoms with Crippen molar-refractivity contribution in [2.24, 2.45) is 0 Å². The third kappa shape index (κ3) is 5.11. The number of rotatable bonds is 8. The fraction of sp³-hybridized carbons (Fsp3) is 0.278. The molecule has 0 aliphatic rings. The summed E-state index contributed by atoms with van der Waals surface area (Å²) in [7, 11) is 0. The lowest BCUT2D eigenvalue weighted by Crippen LogP contribution is -2.24. The molecule has 7 heteroatoms. The van der Waals surface area contributed by atoms with E-state index in [4.69, 9.17) is 9.47 Å². The second kappa shape index (κ2) is 9.29. The number of aromatic nitrogens is 1. The van der Waals surface area contributed by atoms with Gasteiger partial charge in [-0.15, -0.1) is 0 Å². The van der Waals surface area contributed by atoms with Crippen molar-refractivity contribution in [3.8, 4) is 0 Å². The predicted molar refractivity (Wildman–Crippen MR) is 96.1 cm³/mol. The summed E-state index contributed by atoms with van der Waals surface area (Å²) >= 11 is 3.02. The molecule has 0 unspecified atom stereocenters. The van der Waals surface area contributed by atoms with Gasteiger partial charge in [-0.2, -0.15) is 0 Å². The van der Waals surface area contributed by atoms with E-state index in [0.29, 0.717) is 6.61 Å². The van der Waals surface area contributed by atoms with Crippen molar-refractivity contribution < 1.29 is 19.1 Å². The number of hydrogen-bond acceptors (Lipinski definition) is 5. The molecular formula is C18H18BrNO5. The zero-order valence-corrected chi connectivity index (χ0v) is 15.3. The fourth-order valence-electron chi connectivity index (χ4n) is 2.20. The van der Waals surface area contributed by atoms with E-state index in [1.165, 1.54) is 6.07 Å². The number of carbonyl (C=O) groups is 2. The third-order valence-corrected chi connectivity index (χ3v) is 3.91. The molecule has 0 aliphatic heterocycles. The minimum absolute atomic E-state index is 0.0117. The van der Waals surface area contributed by atoms with E-state index < -0.39 is 17.3 Å². The number of esters is 1. The van der Waals surface area contributed by atoms with Gasteiger partial charge in [-0.25, -0.2) is 4.79 Å². The first-order valence-corrected chi connectivity index (χ1v) is 8.83. The van der Waals surface area contributed by atoms with Gasteiger partial charge in [-0.1, -0.05) is 46.3 Å². The highest BCUT2D eigenvalue weighted by atomic mass is 79.9. The first-order valence-electron chi connectivity index (χ1n) is 7.71. The molecule has 0 amide bonds. The maximum atomic E-state index is 12.2. The zero-order chi connectivity index (χ0) is 18.2. The largest absolute Gasteiger partial charge is 0.462 e. The summed E-state index contributed by atoms with van der Waals surface area (Å²) in [6.07, 6.45) is 0. The Kier molecular flexibility index (Phi) is 7.09. The normalized spacial score (nSPS) is 10.5. The summed E-state index contributed by atoms with van der Waals surface area (Å²) in [6, 6.07) is 10.8. The van der Waals surface area contributed by atoms with Gasteiger partial charge in [-0.3, -0.25) is 9.59 Å². The van der Waals surface area contributed by atoms with Crippen LogP contribution in [0.15, 0.2) is 41.2 Å². The highest BCUT2D eigenvalue weighted by Gasteiger charge is 2.19. The number of ketones is 1. The minimum Gasteiger partial charge on any atom is -0.462 e. The number of hydrogen-bond donors (Lipinski definition) is 1. The van der Waals surface area contributed by atoms with Gasteiger partial charge in [0.05, 0.1) is 42.0 Å². The van der Waals surface area contributed by atoms with E-state index in [-0.39, 0.29) is 35.4 Å². The second-order valence-corrected chi connectivity index (χ2v) is 5.72. The molecule has 2 aromatic rings. The minimum atomic E-state index is -0.610. The van der Waals surface area contributed by atoms with Crippen LogP contribution in [0, 0.1) is 0 Å². The maximum Gasteiger partial charge on any atom is 0.340 e. The molecule has 0 bridgehead atoms. The monoisotopic (exact) mass is 407 g/mol. The summed E-state index contributed by atoms with van der Waals surface area (Å²) in [4.78, 5) is 38.6. The Bertz CT molecular complexity index is 801. The fourth-order valence-corrected chi connectivity index (χ4v) is 2.50. The molecule has 0 radical (unpaired) electrons. The highest BCUT2D eigenvalue weighted by Crippen LogP contribution is 2.12. The topological polar surface area (TPSA) is 85.5 Å². The first-order chi connectivity index (χ1) is 12.1. The molecular weight excluding hydrogens is 390 g/mol. The quantitative estimate of drug-likeness (QED) is 0.413. The molecule has 0 saturated heterocycles. The number of benzene rings is 1. The van der Waals surface area contributed by atoms with E-state index in [1.807, 2.05) is 30.3 Å². The van der Waals surface area contributed by atoms with Crippen LogP contribution in [0.1, 0.15) is 38.9 Å². The van der Waals surface area contributed by atoms with Crippen molar-refractivity contribution in [1.29, 1.82) is 0 Å². The molecule has 0 atom stereocenters. The Labute approximate surface area is 153 Å². The van der Waals surface area contributed by atoms with Crippen LogP contribution in [0.5, 0.6) is 0 Å². The van der Waals surface area contributed by atoms with Gasteiger partial charge < -0.3 is 14.5 Å². The Morgan fingerprint density at radius 3 is 2.48 bits per heavy atom. The van der Waals surface area contributed by atoms with E-state index >= 15 is 0 Å². The van der Waals surface area contributed by atoms with Crippen molar-refractivity contribution in [3.63, 3.8) is 0 Å². The predicted octanol–water partition coefficient (Wildman–Crippen LogP) is 2.85. The molecule has 1 aromatic heterocycles. The van der Waals surface area contributed by atoms with Crippen LogP contribution in [0.3, 0.4) is 0 Å². The zero-order valence-electron chi connectivity index (χ0n) is 13.7. The van der Waals surface area contributed by atoms with E-state index in [0.717, 1.165) is 5.56 Å². The van der Waals surface area contributed by atoms with Crippen molar-refractivity contribution in [1.82, 2.24) is 4.98 Å². The van der Waals surface area contributed by atoms with Crippen LogP contribution >= 0.6 is 15.9 Å². The van der Waals surface area contributed by atoms with Gasteiger partial charge in [0, 0.05) is 0 Å². The van der Waals surface area contributed by atoms with Crippen molar-refractivity contribution in [2.45, 2.75) is 20.1 Å². The van der Waals surface area contributed by atoms with Gasteiger partial charge in [0.2, 0.25) is 0 Å². The number of nitrogens with one attached hydrogen (secondary N) is 1. The van der Waals surface area contributed by atoms with Crippen LogP contribution in [-0.4, -0.2) is 28.7 Å². The van der Waals surface area contributed by atoms with Gasteiger partial charge in [0.15, 0.2) is 5.78 Å². The molecule has 0 aliphatic carbocycles. The molecule has 6 nitrogen and oxygen atoms in total. The van der Waals surface area contributed by atoms with Crippen LogP contribution in [0.4, 0.5) is 0 Å². The number of ether oxygens (including phenoxy) is 2. The van der Waals surface area contributed by atoms with Crippen molar-refractivity contribution in [3.05, 3.63) is 69.1 Å². The summed E-state index contributed by atoms with van der Waals surface area (Å²) in [5, 5.41) is -0.0117. The average Bonchev–Trinajstić information content (AvgIpc) is 2.62. The Hall–Kier alpha value is -2.25. The van der Waals surface area contributed by atoms with Crippen LogP contribution < -0.4 is 5.56 Å². The molecule has 1 aromatic carbocycles. The van der Waals surface area contributed by atoms with Gasteiger partial charge >= 0.3 is 5.97 Å². The van der Waals surface area contributed by atoms with Gasteiger partial charge in [0.1, 0.15) is 0 Å². The molecule has 0 spiro atoms. The summed E-state index contributed by atoms with van der Waals surface area (Å²) in [5.74, 6) is -1.02. The Morgan fingerprint density at radius 1 is 1.12 bits per heavy atom. The number of pyridine rings is 1. The third-order valence-electron chi connectivity index (χ3n) is 3.40. The highest BCUT2D eigenvalue weighted by molar-refractivity contribution is 9.09. The molecule has 2 rings (SSSR count). The summed E-state index contributed by atoms with van der Waals surface area (Å²) < 4.78 is 10.6. The second-order valence-electron chi connectivity index (χ2n) is 5.16. The van der Waals surface area contributed by atoms with Crippen LogP contribution in [0.25, 0.3) is 0 Å².